The van der Waals surface area contributed by atoms with Crippen molar-refractivity contribution >= 4 is 29.1 Å². The molecular weight excluding hydrogens is 197 g/mol. The zero-order valence-corrected chi connectivity index (χ0v) is 8.44. The van der Waals surface area contributed by atoms with E-state index in [4.69, 9.17) is 23.2 Å². The van der Waals surface area contributed by atoms with Gasteiger partial charge >= 0.3 is 5.91 Å². The van der Waals surface area contributed by atoms with Crippen molar-refractivity contribution in [2.24, 2.45) is 0 Å². The quantitative estimate of drug-likeness (QED) is 0.479. The number of likely N-dealkylation sites (tertiary alicyclic amines) is 1. The van der Waals surface area contributed by atoms with E-state index < -0.39 is 4.84 Å². The van der Waals surface area contributed by atoms with E-state index in [1.54, 1.807) is 4.90 Å². The van der Waals surface area contributed by atoms with Gasteiger partial charge in [0.05, 0.1) is 0 Å². The average molecular weight is 210 g/mol. The summed E-state index contributed by atoms with van der Waals surface area (Å²) in [6, 6.07) is 0. The molecule has 2 nitrogen and oxygen atoms in total. The number of carbonyl (C=O) groups is 1. The van der Waals surface area contributed by atoms with Gasteiger partial charge in [-0.3, -0.25) is 0 Å². The van der Waals surface area contributed by atoms with E-state index in [0.717, 1.165) is 25.9 Å². The minimum absolute atomic E-state index is 0.139. The lowest BCUT2D eigenvalue weighted by Gasteiger charge is -2.06. The molecule has 1 saturated heterocycles. The number of nitrogens with zero attached hydrogens (tertiary/aromatic N) is 1. The molecule has 0 bridgehead atoms. The van der Waals surface area contributed by atoms with Crippen LogP contribution < -0.4 is 4.90 Å². The summed E-state index contributed by atoms with van der Waals surface area (Å²) in [5.74, 6) is -0.139. The number of halogens is 2. The first-order valence-electron chi connectivity index (χ1n) is 4.29. The third-order valence-corrected chi connectivity index (χ3v) is 2.48. The summed E-state index contributed by atoms with van der Waals surface area (Å²) in [4.78, 5) is 12.2. The number of hydrogen-bond acceptors (Lipinski definition) is 1. The lowest BCUT2D eigenvalue weighted by molar-refractivity contribution is -0.124. The van der Waals surface area contributed by atoms with Crippen LogP contribution in [0.4, 0.5) is 0 Å². The fourth-order valence-corrected chi connectivity index (χ4v) is 1.71. The van der Waals surface area contributed by atoms with Gasteiger partial charge in [0.15, 0.2) is 0 Å². The molecule has 0 aromatic heterocycles. The van der Waals surface area contributed by atoms with E-state index >= 15 is 0 Å². The maximum atomic E-state index is 11.3. The minimum atomic E-state index is -0.886. The first kappa shape index (κ1) is 10.3. The highest BCUT2D eigenvalue weighted by Crippen LogP contribution is 2.11. The highest BCUT2D eigenvalue weighted by atomic mass is 35.5. The van der Waals surface area contributed by atoms with Gasteiger partial charge in [-0.05, 0) is 12.8 Å². The smallest absolute Gasteiger partial charge is 0.222 e. The molecule has 1 rings (SSSR count). The van der Waals surface area contributed by atoms with Crippen molar-refractivity contribution in [3.05, 3.63) is 0 Å². The fourth-order valence-electron chi connectivity index (χ4n) is 1.43. The van der Waals surface area contributed by atoms with E-state index in [1.807, 2.05) is 0 Å². The van der Waals surface area contributed by atoms with Crippen LogP contribution in [0.1, 0.15) is 25.7 Å². The maximum Gasteiger partial charge on any atom is 0.394 e. The molecule has 12 heavy (non-hydrogen) atoms. The summed E-state index contributed by atoms with van der Waals surface area (Å²) in [7, 11) is 0. The van der Waals surface area contributed by atoms with Crippen LogP contribution in [0.2, 0.25) is 0 Å². The second-order valence-electron chi connectivity index (χ2n) is 3.04. The summed E-state index contributed by atoms with van der Waals surface area (Å²) in [5.41, 5.74) is 0. The largest absolute Gasteiger partial charge is 0.394 e. The van der Waals surface area contributed by atoms with E-state index in [0.29, 0.717) is 0 Å². The Hall–Kier alpha value is 0.210. The van der Waals surface area contributed by atoms with Crippen molar-refractivity contribution in [3.63, 3.8) is 0 Å². The van der Waals surface area contributed by atoms with Crippen molar-refractivity contribution < 1.29 is 4.79 Å². The Kier molecular flexibility index (Phi) is 4.33. The second kappa shape index (κ2) is 5.05. The summed E-state index contributed by atoms with van der Waals surface area (Å²) in [6.45, 7) is 1.63. The van der Waals surface area contributed by atoms with Crippen LogP contribution in [-0.2, 0) is 4.79 Å². The molecule has 1 amide bonds. The molecule has 0 N–H and O–H groups in total. The van der Waals surface area contributed by atoms with Gasteiger partial charge in [-0.2, -0.15) is 0 Å². The highest BCUT2D eigenvalue weighted by molar-refractivity contribution is 6.53. The van der Waals surface area contributed by atoms with Crippen molar-refractivity contribution in [1.29, 1.82) is 0 Å². The van der Waals surface area contributed by atoms with Crippen molar-refractivity contribution in [3.8, 4) is 0 Å². The Balaban J connectivity index is 2.43. The minimum Gasteiger partial charge on any atom is -0.222 e. The molecule has 0 aromatic rings. The number of rotatable bonds is 1. The van der Waals surface area contributed by atoms with Crippen LogP contribution in [0.3, 0.4) is 0 Å². The molecule has 1 aliphatic heterocycles. The number of alkyl halides is 2. The van der Waals surface area contributed by atoms with Crippen molar-refractivity contribution in [2.45, 2.75) is 30.5 Å². The zero-order valence-electron chi connectivity index (χ0n) is 6.93. The number of amides is 1. The van der Waals surface area contributed by atoms with Gasteiger partial charge in [-0.15, -0.1) is 4.90 Å². The molecule has 69 valence electrons. The Bertz CT molecular complexity index is 153. The SMILES string of the molecule is O=C(C(Cl)Cl)[N+]1CCCCCC1. The third kappa shape index (κ3) is 2.92. The number of hydrogen-bond donors (Lipinski definition) is 0. The van der Waals surface area contributed by atoms with Crippen LogP contribution in [0, 0.1) is 0 Å². The summed E-state index contributed by atoms with van der Waals surface area (Å²) < 4.78 is 0. The highest BCUT2D eigenvalue weighted by Gasteiger charge is 2.31. The molecule has 4 heteroatoms. The van der Waals surface area contributed by atoms with Gasteiger partial charge in [0, 0.05) is 12.8 Å². The molecule has 0 saturated carbocycles. The van der Waals surface area contributed by atoms with Gasteiger partial charge < -0.3 is 0 Å². The number of carbonyl (C=O) groups excluding carboxylic acids is 1. The standard InChI is InChI=1S/C8H13Cl2NO/c9-7(10)8(12)11-5-3-1-2-4-6-11/h7H,1-6H2/q+1. The average Bonchev–Trinajstić information content (AvgIpc) is 2.30. The molecule has 1 radical (unpaired) electrons. The van der Waals surface area contributed by atoms with Gasteiger partial charge in [-0.25, -0.2) is 4.79 Å². The molecule has 1 aliphatic rings. The lowest BCUT2D eigenvalue weighted by atomic mass is 10.2. The van der Waals surface area contributed by atoms with Crippen LogP contribution in [0.25, 0.3) is 0 Å². The van der Waals surface area contributed by atoms with E-state index in [-0.39, 0.29) is 5.91 Å². The van der Waals surface area contributed by atoms with E-state index in [9.17, 15) is 4.79 Å². The molecular formula is C8H13Cl2NO+. The topological polar surface area (TPSA) is 23.0 Å². The Labute approximate surface area is 82.8 Å². The summed E-state index contributed by atoms with van der Waals surface area (Å²) >= 11 is 11.0. The lowest BCUT2D eigenvalue weighted by Crippen LogP contribution is -2.41. The summed E-state index contributed by atoms with van der Waals surface area (Å²) in [5, 5.41) is 0. The van der Waals surface area contributed by atoms with Crippen LogP contribution in [0.5, 0.6) is 0 Å². The van der Waals surface area contributed by atoms with Crippen molar-refractivity contribution in [2.75, 3.05) is 13.1 Å². The van der Waals surface area contributed by atoms with E-state index in [2.05, 4.69) is 0 Å². The Morgan fingerprint density at radius 1 is 1.08 bits per heavy atom. The Morgan fingerprint density at radius 3 is 2.00 bits per heavy atom. The predicted octanol–water partition coefficient (Wildman–Crippen LogP) is 2.03. The van der Waals surface area contributed by atoms with Crippen LogP contribution >= 0.6 is 23.2 Å². The third-order valence-electron chi connectivity index (χ3n) is 2.10. The molecule has 0 spiro atoms. The predicted molar refractivity (Wildman–Crippen MR) is 50.8 cm³/mol. The van der Waals surface area contributed by atoms with Gasteiger partial charge in [0.2, 0.25) is 4.84 Å². The normalized spacial score (nSPS) is 20.9. The van der Waals surface area contributed by atoms with Gasteiger partial charge in [0.25, 0.3) is 0 Å². The monoisotopic (exact) mass is 209 g/mol. The summed E-state index contributed by atoms with van der Waals surface area (Å²) in [6.07, 6.45) is 4.57. The molecule has 1 fully saturated rings. The first-order chi connectivity index (χ1) is 5.72. The second-order valence-corrected chi connectivity index (χ2v) is 4.14. The molecule has 1 heterocycles. The zero-order chi connectivity index (χ0) is 8.97. The van der Waals surface area contributed by atoms with Gasteiger partial charge in [-0.1, -0.05) is 23.2 Å². The fraction of sp³-hybridized carbons (Fsp3) is 0.875. The first-order valence-corrected chi connectivity index (χ1v) is 5.16. The van der Waals surface area contributed by atoms with E-state index in [1.165, 1.54) is 12.8 Å². The van der Waals surface area contributed by atoms with Crippen molar-refractivity contribution in [1.82, 2.24) is 4.90 Å². The molecule has 0 atom stereocenters. The van der Waals surface area contributed by atoms with Crippen LogP contribution in [-0.4, -0.2) is 23.8 Å². The molecule has 0 aliphatic carbocycles. The van der Waals surface area contributed by atoms with Crippen LogP contribution in [0.15, 0.2) is 0 Å². The molecule has 0 unspecified atom stereocenters. The maximum absolute atomic E-state index is 11.3. The molecule has 0 aromatic carbocycles. The Morgan fingerprint density at radius 2 is 1.58 bits per heavy atom. The van der Waals surface area contributed by atoms with Gasteiger partial charge in [0.1, 0.15) is 13.1 Å².